The van der Waals surface area contributed by atoms with Crippen molar-refractivity contribution >= 4 is 23.2 Å². The maximum absolute atomic E-state index is 5.96. The minimum absolute atomic E-state index is 0.175. The van der Waals surface area contributed by atoms with E-state index in [1.807, 2.05) is 0 Å². The van der Waals surface area contributed by atoms with Crippen molar-refractivity contribution in [3.05, 3.63) is 0 Å². The zero-order valence-corrected chi connectivity index (χ0v) is 17.4. The van der Waals surface area contributed by atoms with Gasteiger partial charge in [-0.25, -0.2) is 0 Å². The van der Waals surface area contributed by atoms with Gasteiger partial charge in [-0.2, -0.15) is 0 Å². The number of hydrogen-bond acceptors (Lipinski definition) is 2. The average Bonchev–Trinajstić information content (AvgIpc) is 2.60. The van der Waals surface area contributed by atoms with E-state index in [-0.39, 0.29) is 6.10 Å². The van der Waals surface area contributed by atoms with Gasteiger partial charge in [-0.1, -0.05) is 84.0 Å². The van der Waals surface area contributed by atoms with Crippen LogP contribution in [0.2, 0.25) is 0 Å². The van der Waals surface area contributed by atoms with Gasteiger partial charge in [-0.3, -0.25) is 0 Å². The van der Waals surface area contributed by atoms with Crippen molar-refractivity contribution in [3.63, 3.8) is 0 Å². The van der Waals surface area contributed by atoms with E-state index in [9.17, 15) is 0 Å². The summed E-state index contributed by atoms with van der Waals surface area (Å²) in [4.78, 5) is 0. The van der Waals surface area contributed by atoms with E-state index >= 15 is 0 Å². The summed E-state index contributed by atoms with van der Waals surface area (Å²) in [6.07, 6.45) is 17.8. The number of alkyl halides is 2. The molecule has 0 N–H and O–H groups in total. The summed E-state index contributed by atoms with van der Waals surface area (Å²) in [5.74, 6) is 1.12. The largest absolute Gasteiger partial charge is 0.378 e. The van der Waals surface area contributed by atoms with Gasteiger partial charge in [0, 0.05) is 11.8 Å². The van der Waals surface area contributed by atoms with Gasteiger partial charge in [0.05, 0.1) is 25.9 Å². The summed E-state index contributed by atoms with van der Waals surface area (Å²) in [7, 11) is 0. The van der Waals surface area contributed by atoms with Gasteiger partial charge in [0.1, 0.15) is 0 Å². The fraction of sp³-hybridized carbons (Fsp3) is 1.00. The highest BCUT2D eigenvalue weighted by atomic mass is 35.5. The van der Waals surface area contributed by atoms with E-state index in [0.717, 1.165) is 6.42 Å². The first kappa shape index (κ1) is 24.5. The Bertz CT molecular complexity index is 228. The lowest BCUT2D eigenvalue weighted by atomic mass is 10.0. The molecular formula is C20H40Cl2O2. The molecule has 0 aliphatic heterocycles. The first-order chi connectivity index (χ1) is 11.8. The molecule has 0 saturated carbocycles. The molecule has 0 heterocycles. The summed E-state index contributed by atoms with van der Waals surface area (Å²) in [6, 6.07) is 0. The first-order valence-corrected chi connectivity index (χ1v) is 11.2. The van der Waals surface area contributed by atoms with Crippen LogP contribution in [0.1, 0.15) is 90.4 Å². The maximum Gasteiger partial charge on any atom is 0.0711 e. The van der Waals surface area contributed by atoms with E-state index in [1.165, 1.54) is 77.0 Å². The van der Waals surface area contributed by atoms with Gasteiger partial charge < -0.3 is 9.47 Å². The number of rotatable bonds is 20. The highest BCUT2D eigenvalue weighted by Gasteiger charge is 2.07. The van der Waals surface area contributed by atoms with E-state index < -0.39 is 0 Å². The molecule has 0 aromatic carbocycles. The number of hydrogen-bond donors (Lipinski definition) is 0. The lowest BCUT2D eigenvalue weighted by molar-refractivity contribution is 0.0131. The summed E-state index contributed by atoms with van der Waals surface area (Å²) < 4.78 is 11.0. The van der Waals surface area contributed by atoms with Gasteiger partial charge in [0.15, 0.2) is 0 Å². The van der Waals surface area contributed by atoms with E-state index in [0.29, 0.717) is 31.6 Å². The Balaban J connectivity index is 3.23. The zero-order chi connectivity index (χ0) is 17.7. The smallest absolute Gasteiger partial charge is 0.0711 e. The third-order valence-corrected chi connectivity index (χ3v) is 4.85. The summed E-state index contributed by atoms with van der Waals surface area (Å²) in [5.41, 5.74) is 0. The fourth-order valence-electron chi connectivity index (χ4n) is 2.85. The van der Waals surface area contributed by atoms with Crippen LogP contribution in [0.4, 0.5) is 0 Å². The van der Waals surface area contributed by atoms with Gasteiger partial charge in [0.2, 0.25) is 0 Å². The SMILES string of the molecule is CCCCCCCCCCCCCC[C@H](CCl)OCCOCCCl. The Labute approximate surface area is 161 Å². The van der Waals surface area contributed by atoms with Crippen LogP contribution in [-0.4, -0.2) is 37.7 Å². The molecule has 0 rings (SSSR count). The molecule has 0 bridgehead atoms. The lowest BCUT2D eigenvalue weighted by Crippen LogP contribution is -2.18. The Hall–Kier alpha value is 0.500. The van der Waals surface area contributed by atoms with E-state index in [1.54, 1.807) is 0 Å². The quantitative estimate of drug-likeness (QED) is 0.167. The van der Waals surface area contributed by atoms with Crippen LogP contribution in [0.5, 0.6) is 0 Å². The van der Waals surface area contributed by atoms with Crippen molar-refractivity contribution in [3.8, 4) is 0 Å². The summed E-state index contributed by atoms with van der Waals surface area (Å²) in [5, 5.41) is 0. The third-order valence-electron chi connectivity index (χ3n) is 4.35. The second-order valence-corrected chi connectivity index (χ2v) is 7.31. The molecule has 0 aromatic heterocycles. The van der Waals surface area contributed by atoms with Gasteiger partial charge in [0.25, 0.3) is 0 Å². The molecule has 24 heavy (non-hydrogen) atoms. The Morgan fingerprint density at radius 2 is 1.21 bits per heavy atom. The van der Waals surface area contributed by atoms with Crippen LogP contribution >= 0.6 is 23.2 Å². The Morgan fingerprint density at radius 1 is 0.667 bits per heavy atom. The molecule has 2 nitrogen and oxygen atoms in total. The van der Waals surface area contributed by atoms with Crippen LogP contribution in [0.3, 0.4) is 0 Å². The second-order valence-electron chi connectivity index (χ2n) is 6.63. The highest BCUT2D eigenvalue weighted by Crippen LogP contribution is 2.14. The van der Waals surface area contributed by atoms with Crippen LogP contribution in [-0.2, 0) is 9.47 Å². The summed E-state index contributed by atoms with van der Waals surface area (Å²) >= 11 is 11.5. The molecule has 0 spiro atoms. The normalized spacial score (nSPS) is 12.6. The number of halogens is 2. The van der Waals surface area contributed by atoms with Gasteiger partial charge in [-0.05, 0) is 6.42 Å². The topological polar surface area (TPSA) is 18.5 Å². The molecule has 146 valence electrons. The predicted octanol–water partition coefficient (Wildman–Crippen LogP) is 6.96. The molecule has 4 heteroatoms. The Morgan fingerprint density at radius 3 is 1.71 bits per heavy atom. The third kappa shape index (κ3) is 18.8. The van der Waals surface area contributed by atoms with E-state index in [4.69, 9.17) is 32.7 Å². The maximum atomic E-state index is 5.96. The molecule has 0 saturated heterocycles. The first-order valence-electron chi connectivity index (χ1n) is 10.2. The molecule has 0 fully saturated rings. The minimum atomic E-state index is 0.175. The van der Waals surface area contributed by atoms with Gasteiger partial charge in [-0.15, -0.1) is 23.2 Å². The van der Waals surface area contributed by atoms with Crippen molar-refractivity contribution in [2.24, 2.45) is 0 Å². The molecule has 0 radical (unpaired) electrons. The second kappa shape index (κ2) is 21.5. The van der Waals surface area contributed by atoms with Gasteiger partial charge >= 0.3 is 0 Å². The van der Waals surface area contributed by atoms with Crippen LogP contribution in [0.15, 0.2) is 0 Å². The fourth-order valence-corrected chi connectivity index (χ4v) is 3.20. The zero-order valence-electron chi connectivity index (χ0n) is 15.9. The predicted molar refractivity (Wildman–Crippen MR) is 108 cm³/mol. The lowest BCUT2D eigenvalue weighted by Gasteiger charge is -2.15. The van der Waals surface area contributed by atoms with Crippen molar-refractivity contribution in [2.75, 3.05) is 31.6 Å². The van der Waals surface area contributed by atoms with Crippen molar-refractivity contribution in [1.82, 2.24) is 0 Å². The molecule has 0 unspecified atom stereocenters. The standard InChI is InChI=1S/C20H40Cl2O2/c1-2-3-4-5-6-7-8-9-10-11-12-13-14-20(19-22)24-18-17-23-16-15-21/h20H,2-19H2,1H3/t20-/m1/s1. The molecule has 0 aliphatic carbocycles. The highest BCUT2D eigenvalue weighted by molar-refractivity contribution is 6.18. The molecular weight excluding hydrogens is 343 g/mol. The van der Waals surface area contributed by atoms with Crippen molar-refractivity contribution < 1.29 is 9.47 Å². The molecule has 1 atom stereocenters. The van der Waals surface area contributed by atoms with E-state index in [2.05, 4.69) is 6.92 Å². The molecule has 0 aliphatic rings. The van der Waals surface area contributed by atoms with Crippen molar-refractivity contribution in [1.29, 1.82) is 0 Å². The van der Waals surface area contributed by atoms with Crippen LogP contribution in [0.25, 0.3) is 0 Å². The molecule has 0 aromatic rings. The number of ether oxygens (including phenoxy) is 2. The average molecular weight is 383 g/mol. The Kier molecular flexibility index (Phi) is 22.0. The minimum Gasteiger partial charge on any atom is -0.378 e. The van der Waals surface area contributed by atoms with Crippen molar-refractivity contribution in [2.45, 2.75) is 96.5 Å². The summed E-state index contributed by atoms with van der Waals surface area (Å²) in [6.45, 7) is 4.10. The van der Waals surface area contributed by atoms with Crippen LogP contribution < -0.4 is 0 Å². The molecule has 0 amide bonds. The number of unbranched alkanes of at least 4 members (excludes halogenated alkanes) is 11. The monoisotopic (exact) mass is 382 g/mol. The van der Waals surface area contributed by atoms with Crippen LogP contribution in [0, 0.1) is 0 Å².